The first kappa shape index (κ1) is 33.4. The second-order valence-electron chi connectivity index (χ2n) is 16.9. The van der Waals surface area contributed by atoms with Crippen LogP contribution in [0.2, 0.25) is 0 Å². The van der Waals surface area contributed by atoms with Crippen LogP contribution >= 0.6 is 0 Å². The third kappa shape index (κ3) is 4.74. The Morgan fingerprint density at radius 3 is 1.12 bits per heavy atom. The van der Waals surface area contributed by atoms with Gasteiger partial charge in [0, 0.05) is 0 Å². The fourth-order valence-electron chi connectivity index (χ4n) is 10.7. The normalized spacial score (nSPS) is 12.2. The van der Waals surface area contributed by atoms with Crippen LogP contribution < -0.4 is 0 Å². The summed E-state index contributed by atoms with van der Waals surface area (Å²) in [5.74, 6) is 0. The van der Waals surface area contributed by atoms with Gasteiger partial charge in [-0.1, -0.05) is 205 Å². The Morgan fingerprint density at radius 2 is 0.567 bits per heavy atom. The first-order chi connectivity index (χ1) is 29.6. The number of fused-ring (bicyclic) bond motifs is 3. The van der Waals surface area contributed by atoms with E-state index in [0.717, 1.165) is 0 Å². The minimum atomic E-state index is 1.23. The molecular formula is C60H38. The highest BCUT2D eigenvalue weighted by Crippen LogP contribution is 2.49. The van der Waals surface area contributed by atoms with Gasteiger partial charge >= 0.3 is 0 Å². The summed E-state index contributed by atoms with van der Waals surface area (Å²) in [7, 11) is 0. The van der Waals surface area contributed by atoms with Crippen molar-refractivity contribution in [1.29, 1.82) is 0 Å². The molecule has 0 saturated heterocycles. The van der Waals surface area contributed by atoms with Crippen LogP contribution in [0, 0.1) is 13.8 Å². The molecule has 0 heterocycles. The first-order valence-corrected chi connectivity index (χ1v) is 21.1. The molecule has 0 saturated carbocycles. The molecule has 0 bridgehead atoms. The van der Waals surface area contributed by atoms with E-state index in [1.807, 2.05) is 0 Å². The van der Waals surface area contributed by atoms with Gasteiger partial charge in [-0.3, -0.25) is 0 Å². The predicted molar refractivity (Wildman–Crippen MR) is 260 cm³/mol. The molecule has 278 valence electrons. The third-order valence-corrected chi connectivity index (χ3v) is 13.5. The Balaban J connectivity index is 1.14. The molecule has 13 aromatic rings. The largest absolute Gasteiger partial charge is 0.0610 e. The molecule has 0 N–H and O–H groups in total. The Kier molecular flexibility index (Phi) is 6.95. The smallest absolute Gasteiger partial charge is 0.00203 e. The molecule has 0 nitrogen and oxygen atoms in total. The van der Waals surface area contributed by atoms with Crippen molar-refractivity contribution in [1.82, 2.24) is 0 Å². The second-order valence-corrected chi connectivity index (χ2v) is 16.9. The quantitative estimate of drug-likeness (QED) is 0.157. The van der Waals surface area contributed by atoms with Gasteiger partial charge in [0.1, 0.15) is 0 Å². The zero-order valence-corrected chi connectivity index (χ0v) is 33.5. The van der Waals surface area contributed by atoms with Gasteiger partial charge in [-0.2, -0.15) is 0 Å². The van der Waals surface area contributed by atoms with Crippen molar-refractivity contribution < 1.29 is 0 Å². The SMILES string of the molecule is Cc1ccc(-c2c(-c3ccc4ccc5cccc6ccc3c4c56)ccc3c2ccc2c(-c4ccc5ccc6cccc7ccc4c5c67)ccc(-c4ccc(C)cc4)c23)cc1. The van der Waals surface area contributed by atoms with Crippen LogP contribution in [0.5, 0.6) is 0 Å². The van der Waals surface area contributed by atoms with Crippen molar-refractivity contribution in [2.75, 3.05) is 0 Å². The van der Waals surface area contributed by atoms with Gasteiger partial charge in [0.2, 0.25) is 0 Å². The van der Waals surface area contributed by atoms with Gasteiger partial charge in [0.15, 0.2) is 0 Å². The highest BCUT2D eigenvalue weighted by atomic mass is 14.2. The maximum Gasteiger partial charge on any atom is -0.00203 e. The van der Waals surface area contributed by atoms with E-state index >= 15 is 0 Å². The summed E-state index contributed by atoms with van der Waals surface area (Å²) in [6, 6.07) is 73.7. The fourth-order valence-corrected chi connectivity index (χ4v) is 10.7. The summed E-state index contributed by atoms with van der Waals surface area (Å²) in [5.41, 5.74) is 12.5. The number of hydrogen-bond acceptors (Lipinski definition) is 0. The van der Waals surface area contributed by atoms with Gasteiger partial charge in [-0.05, 0) is 145 Å². The van der Waals surface area contributed by atoms with Crippen molar-refractivity contribution >= 4 is 86.2 Å². The topological polar surface area (TPSA) is 0 Å². The zero-order chi connectivity index (χ0) is 39.6. The molecule has 0 unspecified atom stereocenters. The van der Waals surface area contributed by atoms with Crippen LogP contribution in [0.25, 0.3) is 131 Å². The molecule has 0 aromatic heterocycles. The molecule has 13 rings (SSSR count). The van der Waals surface area contributed by atoms with Gasteiger partial charge < -0.3 is 0 Å². The van der Waals surface area contributed by atoms with E-state index in [2.05, 4.69) is 208 Å². The Morgan fingerprint density at radius 1 is 0.217 bits per heavy atom. The van der Waals surface area contributed by atoms with E-state index in [1.165, 1.54) is 142 Å². The Labute approximate surface area is 348 Å². The van der Waals surface area contributed by atoms with E-state index in [0.29, 0.717) is 0 Å². The van der Waals surface area contributed by atoms with Crippen molar-refractivity contribution in [2.45, 2.75) is 13.8 Å². The zero-order valence-electron chi connectivity index (χ0n) is 33.5. The summed E-state index contributed by atoms with van der Waals surface area (Å²) in [5, 5.41) is 20.8. The molecule has 0 aliphatic carbocycles. The highest BCUT2D eigenvalue weighted by molar-refractivity contribution is 6.29. The van der Waals surface area contributed by atoms with Crippen molar-refractivity contribution in [3.63, 3.8) is 0 Å². The molecule has 0 atom stereocenters. The Bertz CT molecular complexity index is 3830. The monoisotopic (exact) mass is 758 g/mol. The predicted octanol–water partition coefficient (Wildman–Crippen LogP) is 17.1. The minimum absolute atomic E-state index is 1.23. The van der Waals surface area contributed by atoms with E-state index in [9.17, 15) is 0 Å². The van der Waals surface area contributed by atoms with Crippen molar-refractivity contribution in [3.05, 3.63) is 205 Å². The number of hydrogen-bond donors (Lipinski definition) is 0. The molecule has 13 aromatic carbocycles. The van der Waals surface area contributed by atoms with Crippen LogP contribution in [-0.4, -0.2) is 0 Å². The van der Waals surface area contributed by atoms with Crippen molar-refractivity contribution in [2.24, 2.45) is 0 Å². The van der Waals surface area contributed by atoms with E-state index in [4.69, 9.17) is 0 Å². The van der Waals surface area contributed by atoms with Crippen LogP contribution in [0.15, 0.2) is 194 Å². The number of aryl methyl sites for hydroxylation is 2. The molecule has 60 heavy (non-hydrogen) atoms. The van der Waals surface area contributed by atoms with E-state index in [-0.39, 0.29) is 0 Å². The average molecular weight is 759 g/mol. The van der Waals surface area contributed by atoms with E-state index in [1.54, 1.807) is 0 Å². The van der Waals surface area contributed by atoms with Gasteiger partial charge in [0.05, 0.1) is 0 Å². The molecule has 0 spiro atoms. The fraction of sp³-hybridized carbons (Fsp3) is 0.0333. The van der Waals surface area contributed by atoms with Crippen LogP contribution in [0.3, 0.4) is 0 Å². The molecule has 0 heteroatoms. The summed E-state index contributed by atoms with van der Waals surface area (Å²) in [6.45, 7) is 4.35. The molecule has 0 fully saturated rings. The Hall–Kier alpha value is -7.54. The summed E-state index contributed by atoms with van der Waals surface area (Å²) < 4.78 is 0. The molecular weight excluding hydrogens is 721 g/mol. The lowest BCUT2D eigenvalue weighted by atomic mass is 9.82. The second kappa shape index (κ2) is 12.5. The van der Waals surface area contributed by atoms with Gasteiger partial charge in [-0.25, -0.2) is 0 Å². The minimum Gasteiger partial charge on any atom is -0.0610 e. The molecule has 0 aliphatic rings. The summed E-state index contributed by atoms with van der Waals surface area (Å²) in [4.78, 5) is 0. The number of benzene rings is 13. The summed E-state index contributed by atoms with van der Waals surface area (Å²) in [6.07, 6.45) is 0. The van der Waals surface area contributed by atoms with Crippen LogP contribution in [0.4, 0.5) is 0 Å². The third-order valence-electron chi connectivity index (χ3n) is 13.5. The highest BCUT2D eigenvalue weighted by Gasteiger charge is 2.21. The summed E-state index contributed by atoms with van der Waals surface area (Å²) >= 11 is 0. The van der Waals surface area contributed by atoms with Gasteiger partial charge in [0.25, 0.3) is 0 Å². The lowest BCUT2D eigenvalue weighted by Crippen LogP contribution is -1.94. The maximum atomic E-state index is 2.41. The van der Waals surface area contributed by atoms with Gasteiger partial charge in [-0.15, -0.1) is 0 Å². The van der Waals surface area contributed by atoms with Crippen LogP contribution in [-0.2, 0) is 0 Å². The molecule has 0 aliphatic heterocycles. The molecule has 0 radical (unpaired) electrons. The van der Waals surface area contributed by atoms with Crippen LogP contribution in [0.1, 0.15) is 11.1 Å². The first-order valence-electron chi connectivity index (χ1n) is 21.1. The molecule has 0 amide bonds. The van der Waals surface area contributed by atoms with E-state index < -0.39 is 0 Å². The lowest BCUT2D eigenvalue weighted by Gasteiger charge is -2.21. The lowest BCUT2D eigenvalue weighted by molar-refractivity contribution is 1.47. The maximum absolute atomic E-state index is 2.41. The number of rotatable bonds is 4. The standard InChI is InChI=1S/C60H38/c1-35-9-13-37(14-10-35)45-29-30-47(46-25-21-43-19-17-38-5-3-7-40-23-27-50(46)58(43)55(38)40)52-32-33-53-54(60(45)52)34-31-49(57(53)42-15-11-36(2)12-16-42)48-26-22-44-20-18-39-6-4-8-41-24-28-51(48)59(44)56(39)41/h3-34H,1-2H3. The average Bonchev–Trinajstić information content (AvgIpc) is 3.30. The van der Waals surface area contributed by atoms with Crippen molar-refractivity contribution in [3.8, 4) is 44.5 Å².